The van der Waals surface area contributed by atoms with Crippen LogP contribution in [0.25, 0.3) is 0 Å². The Morgan fingerprint density at radius 1 is 1.07 bits per heavy atom. The largest absolute Gasteiger partial charge is 0.489 e. The molecule has 2 heterocycles. The molecule has 0 bridgehead atoms. The van der Waals surface area contributed by atoms with Crippen molar-refractivity contribution < 1.29 is 24.3 Å². The van der Waals surface area contributed by atoms with Gasteiger partial charge < -0.3 is 20.3 Å². The fourth-order valence-electron chi connectivity index (χ4n) is 4.87. The van der Waals surface area contributed by atoms with Gasteiger partial charge in [0.1, 0.15) is 34.2 Å². The lowest BCUT2D eigenvalue weighted by Gasteiger charge is -2.32. The first-order valence-corrected chi connectivity index (χ1v) is 13.8. The second-order valence-electron chi connectivity index (χ2n) is 10.2. The van der Waals surface area contributed by atoms with E-state index in [1.54, 1.807) is 66.1 Å². The molecule has 1 aromatic heterocycles. The van der Waals surface area contributed by atoms with E-state index < -0.39 is 29.4 Å². The van der Waals surface area contributed by atoms with Gasteiger partial charge in [-0.2, -0.15) is 0 Å². The van der Waals surface area contributed by atoms with E-state index in [0.29, 0.717) is 23.4 Å². The Bertz CT molecular complexity index is 1370. The lowest BCUT2D eigenvalue weighted by Crippen LogP contribution is -2.56. The van der Waals surface area contributed by atoms with Crippen molar-refractivity contribution in [3.8, 4) is 5.75 Å². The smallest absolute Gasteiger partial charge is 0.320 e. The molecule has 4 amide bonds. The number of nitrogens with zero attached hydrogens (tertiary/aromatic N) is 2. The number of hydrogen-bond acceptors (Lipinski definition) is 6. The summed E-state index contributed by atoms with van der Waals surface area (Å²) in [7, 11) is 0. The number of carbonyl (C=O) groups excluding carboxylic acids is 3. The Morgan fingerprint density at radius 2 is 1.73 bits per heavy atom. The normalized spacial score (nSPS) is 17.3. The number of amides is 4. The second-order valence-corrected chi connectivity index (χ2v) is 10.9. The quantitative estimate of drug-likeness (QED) is 0.145. The fraction of sp³-hybridized carbons (Fsp3) is 0.310. The molecule has 2 unspecified atom stereocenters. The molecule has 0 saturated carbocycles. The number of hydroxylamine groups is 1. The molecule has 1 saturated heterocycles. The third-order valence-corrected chi connectivity index (χ3v) is 7.16. The van der Waals surface area contributed by atoms with Gasteiger partial charge in [-0.3, -0.25) is 14.8 Å². The highest BCUT2D eigenvalue weighted by Crippen LogP contribution is 2.37. The third-order valence-electron chi connectivity index (χ3n) is 6.77. The van der Waals surface area contributed by atoms with E-state index in [9.17, 15) is 19.6 Å². The van der Waals surface area contributed by atoms with Crippen LogP contribution in [0.3, 0.4) is 0 Å². The fourth-order valence-corrected chi connectivity index (χ4v) is 5.38. The molecule has 1 aliphatic heterocycles. The maximum absolute atomic E-state index is 14.1. The molecule has 10 nitrogen and oxygen atoms in total. The van der Waals surface area contributed by atoms with Crippen LogP contribution in [0.4, 0.5) is 10.5 Å². The lowest BCUT2D eigenvalue weighted by atomic mass is 9.88. The van der Waals surface area contributed by atoms with Crippen LogP contribution >= 0.6 is 23.2 Å². The summed E-state index contributed by atoms with van der Waals surface area (Å²) in [6, 6.07) is 17.5. The number of aromatic nitrogens is 1. The van der Waals surface area contributed by atoms with E-state index in [-0.39, 0.29) is 35.8 Å². The number of anilines is 1. The molecule has 4 N–H and O–H groups in total. The Balaban J connectivity index is 1.61. The summed E-state index contributed by atoms with van der Waals surface area (Å²) in [5.41, 5.74) is 2.02. The zero-order valence-electron chi connectivity index (χ0n) is 22.6. The molecule has 2 aromatic carbocycles. The maximum Gasteiger partial charge on any atom is 0.320 e. The number of urea groups is 1. The summed E-state index contributed by atoms with van der Waals surface area (Å²) in [6.45, 7) is 4.22. The Hall–Kier alpha value is -3.86. The number of likely N-dealkylation sites (tertiary alicyclic amines) is 1. The summed E-state index contributed by atoms with van der Waals surface area (Å²) in [5.74, 6) is -0.557. The minimum Gasteiger partial charge on any atom is -0.489 e. The highest BCUT2D eigenvalue weighted by molar-refractivity contribution is 6.32. The first kappa shape index (κ1) is 30.1. The number of pyridine rings is 1. The van der Waals surface area contributed by atoms with Crippen molar-refractivity contribution in [2.75, 3.05) is 11.9 Å². The average molecular weight is 601 g/mol. The number of halogens is 2. The molecule has 1 fully saturated rings. The van der Waals surface area contributed by atoms with Crippen molar-refractivity contribution in [1.29, 1.82) is 0 Å². The van der Waals surface area contributed by atoms with Gasteiger partial charge in [0.25, 0.3) is 11.8 Å². The van der Waals surface area contributed by atoms with Gasteiger partial charge in [-0.25, -0.2) is 15.3 Å². The van der Waals surface area contributed by atoms with E-state index in [0.717, 1.165) is 5.56 Å². The summed E-state index contributed by atoms with van der Waals surface area (Å²) in [4.78, 5) is 45.1. The summed E-state index contributed by atoms with van der Waals surface area (Å²) in [6.07, 6.45) is 0.538. The van der Waals surface area contributed by atoms with Gasteiger partial charge in [0.2, 0.25) is 0 Å². The molecule has 0 radical (unpaired) electrons. The number of rotatable bonds is 10. The van der Waals surface area contributed by atoms with Crippen LogP contribution < -0.4 is 20.9 Å². The molecule has 0 aliphatic carbocycles. The van der Waals surface area contributed by atoms with Crippen molar-refractivity contribution in [2.24, 2.45) is 5.92 Å². The zero-order valence-corrected chi connectivity index (χ0v) is 24.1. The van der Waals surface area contributed by atoms with E-state index in [2.05, 4.69) is 15.6 Å². The van der Waals surface area contributed by atoms with Gasteiger partial charge in [0, 0.05) is 18.7 Å². The van der Waals surface area contributed by atoms with Crippen LogP contribution in [-0.2, 0) is 21.7 Å². The topological polar surface area (TPSA) is 133 Å². The van der Waals surface area contributed by atoms with Crippen LogP contribution in [0.2, 0.25) is 10.3 Å². The van der Waals surface area contributed by atoms with Crippen LogP contribution in [0.5, 0.6) is 5.75 Å². The number of hydrogen-bond donors (Lipinski definition) is 4. The predicted molar refractivity (Wildman–Crippen MR) is 155 cm³/mol. The molecule has 0 spiro atoms. The number of para-hydroxylation sites is 1. The predicted octanol–water partition coefficient (Wildman–Crippen LogP) is 5.14. The van der Waals surface area contributed by atoms with Crippen molar-refractivity contribution in [1.82, 2.24) is 20.7 Å². The molecule has 1 aliphatic rings. The van der Waals surface area contributed by atoms with Gasteiger partial charge >= 0.3 is 6.03 Å². The molecule has 2 atom stereocenters. The van der Waals surface area contributed by atoms with Crippen molar-refractivity contribution in [3.63, 3.8) is 0 Å². The van der Waals surface area contributed by atoms with Crippen LogP contribution in [0, 0.1) is 5.92 Å². The van der Waals surface area contributed by atoms with Gasteiger partial charge in [-0.15, -0.1) is 0 Å². The molecule has 216 valence electrons. The SMILES string of the molecule is CC(C)CC(C(=O)NO)N1CCC(NC(=O)Nc2ccccc2)(c2ccc(OCc3cc(Cl)nc(Cl)c3)cc2)C1=O. The first-order valence-electron chi connectivity index (χ1n) is 13.1. The van der Waals surface area contributed by atoms with E-state index in [4.69, 9.17) is 27.9 Å². The van der Waals surface area contributed by atoms with Gasteiger partial charge in [0.15, 0.2) is 0 Å². The van der Waals surface area contributed by atoms with Crippen LogP contribution in [0.1, 0.15) is 37.8 Å². The standard InChI is InChI=1S/C29H31Cl2N5O5/c1-18(2)14-23(26(37)35-40)36-13-12-29(27(36)38,34-28(39)32-21-6-4-3-5-7-21)20-8-10-22(11-9-20)41-17-19-15-24(30)33-25(31)16-19/h3-11,15-16,18,23,40H,12-14,17H2,1-2H3,(H,35,37)(H2,32,34,39). The Labute approximate surface area is 248 Å². The number of benzene rings is 2. The minimum atomic E-state index is -1.46. The molecular formula is C29H31Cl2N5O5. The van der Waals surface area contributed by atoms with E-state index in [1.807, 2.05) is 19.9 Å². The van der Waals surface area contributed by atoms with E-state index >= 15 is 0 Å². The molecular weight excluding hydrogens is 569 g/mol. The molecule has 41 heavy (non-hydrogen) atoms. The third kappa shape index (κ3) is 7.27. The van der Waals surface area contributed by atoms with Gasteiger partial charge in [-0.05, 0) is 59.9 Å². The number of nitrogens with one attached hydrogen (secondary N) is 3. The summed E-state index contributed by atoms with van der Waals surface area (Å²) >= 11 is 11.9. The zero-order chi connectivity index (χ0) is 29.6. The number of carbonyl (C=O) groups is 3. The maximum atomic E-state index is 14.1. The molecule has 3 aromatic rings. The average Bonchev–Trinajstić information content (AvgIpc) is 3.26. The Kier molecular flexibility index (Phi) is 9.69. The van der Waals surface area contributed by atoms with Gasteiger partial charge in [-0.1, -0.05) is 67.4 Å². The summed E-state index contributed by atoms with van der Waals surface area (Å²) < 4.78 is 5.87. The van der Waals surface area contributed by atoms with Crippen molar-refractivity contribution in [3.05, 3.63) is 88.2 Å². The van der Waals surface area contributed by atoms with E-state index in [1.165, 1.54) is 4.90 Å². The molecule has 4 rings (SSSR count). The Morgan fingerprint density at radius 3 is 2.34 bits per heavy atom. The lowest BCUT2D eigenvalue weighted by molar-refractivity contribution is -0.145. The van der Waals surface area contributed by atoms with Crippen molar-refractivity contribution in [2.45, 2.75) is 44.9 Å². The van der Waals surface area contributed by atoms with Crippen LogP contribution in [-0.4, -0.2) is 45.5 Å². The van der Waals surface area contributed by atoms with Crippen LogP contribution in [0.15, 0.2) is 66.7 Å². The summed E-state index contributed by atoms with van der Waals surface area (Å²) in [5, 5.41) is 15.5. The monoisotopic (exact) mass is 599 g/mol. The first-order chi connectivity index (χ1) is 19.6. The highest BCUT2D eigenvalue weighted by Gasteiger charge is 2.52. The van der Waals surface area contributed by atoms with Crippen molar-refractivity contribution >= 4 is 46.7 Å². The minimum absolute atomic E-state index is 0.0658. The second kappa shape index (κ2) is 13.2. The molecule has 12 heteroatoms. The number of ether oxygens (including phenoxy) is 1. The van der Waals surface area contributed by atoms with Gasteiger partial charge in [0.05, 0.1) is 0 Å². The highest BCUT2D eigenvalue weighted by atomic mass is 35.5.